The Morgan fingerprint density at radius 1 is 0.338 bits per heavy atom. The van der Waals surface area contributed by atoms with Crippen molar-refractivity contribution in [3.63, 3.8) is 0 Å². The van der Waals surface area contributed by atoms with Gasteiger partial charge in [0.1, 0.15) is 0 Å². The van der Waals surface area contributed by atoms with Crippen molar-refractivity contribution >= 4 is 99.3 Å². The molecule has 0 saturated heterocycles. The molecule has 0 atom stereocenters. The summed E-state index contributed by atoms with van der Waals surface area (Å²) in [6, 6.07) is 62.0. The van der Waals surface area contributed by atoms with Gasteiger partial charge in [-0.3, -0.25) is 0 Å². The van der Waals surface area contributed by atoms with E-state index in [9.17, 15) is 0 Å². The van der Waals surface area contributed by atoms with E-state index >= 15 is 0 Å². The average molecular weight is 1270 g/mol. The molecule has 8 aromatic carbocycles. The van der Waals surface area contributed by atoms with Gasteiger partial charge in [-0.2, -0.15) is 24.3 Å². The predicted molar refractivity (Wildman–Crippen MR) is 324 cm³/mol. The van der Waals surface area contributed by atoms with Gasteiger partial charge in [0.05, 0.1) is 0 Å². The van der Waals surface area contributed by atoms with E-state index in [-0.39, 0.29) is 35.7 Å². The van der Waals surface area contributed by atoms with Gasteiger partial charge in [-0.1, -0.05) is 98.5 Å². The van der Waals surface area contributed by atoms with Gasteiger partial charge in [-0.05, 0) is 71.5 Å². The number of hydrogen-bond acceptors (Lipinski definition) is 4. The fourth-order valence-corrected chi connectivity index (χ4v) is 11.7. The normalized spacial score (nSPS) is 10.3. The van der Waals surface area contributed by atoms with Crippen LogP contribution < -0.4 is 24.8 Å². The van der Waals surface area contributed by atoms with Gasteiger partial charge in [0.15, 0.2) is 0 Å². The van der Waals surface area contributed by atoms with Crippen LogP contribution in [-0.4, -0.2) is 10.9 Å². The third kappa shape index (κ3) is 16.9. The Hall–Kier alpha value is -3.10. The van der Waals surface area contributed by atoms with Crippen LogP contribution in [0, 0.1) is 0 Å². The van der Waals surface area contributed by atoms with Crippen LogP contribution in [-0.2, 0) is 72.4 Å². The molecule has 0 aliphatic carbocycles. The minimum atomic E-state index is 0. The molecule has 12 rings (SSSR count). The van der Waals surface area contributed by atoms with Crippen molar-refractivity contribution < 1.29 is 71.5 Å². The summed E-state index contributed by atoms with van der Waals surface area (Å²) in [5, 5.41) is 19.6. The minimum Gasteiger partial charge on any atom is -1.00 e. The SMILES string of the molecule is CCc1cc2c(-c3cccs3)cccc2[cH-]1.CCc1cc2c(-c3cccs3)cccc2[cH-]1.CCc1cc2c(-c3cccs3)cccc2[cH-]1.CCc1cc2c(-c3cccs3)cccc2[cH-]1.C[Si](C)=[Zr+2].C[Si](C)=[Zr+2].[Cl-].[Cl-]. The Morgan fingerprint density at radius 3 is 0.703 bits per heavy atom. The van der Waals surface area contributed by atoms with Crippen LogP contribution in [0.4, 0.5) is 0 Å². The number of halogens is 2. The molecule has 0 aliphatic heterocycles. The standard InChI is InChI=1S/4C15H13S.2C2H6Si.2ClH.2Zr/c4*1-2-11-9-12-5-3-6-13(14(12)10-11)15-7-4-8-16-15;2*1-3-2;;;;/h4*3-10H,2H2,1H3;2*1-2H3;2*1H;;/q4*-1;;;;;2*+2/p-2. The zero-order valence-corrected chi connectivity index (χ0v) is 55.4. The quantitative estimate of drug-likeness (QED) is 0.105. The first-order valence-electron chi connectivity index (χ1n) is 24.9. The third-order valence-electron chi connectivity index (χ3n) is 12.0. The molecule has 0 nitrogen and oxygen atoms in total. The van der Waals surface area contributed by atoms with E-state index in [1.54, 1.807) is 46.7 Å². The smallest absolute Gasteiger partial charge is 1.00 e. The molecule has 0 N–H and O–H groups in total. The Bertz CT molecular complexity index is 3080. The van der Waals surface area contributed by atoms with E-state index in [0.717, 1.165) is 25.7 Å². The first kappa shape index (κ1) is 61.7. The van der Waals surface area contributed by atoms with E-state index in [1.165, 1.54) is 107 Å². The van der Waals surface area contributed by atoms with Gasteiger partial charge in [0, 0.05) is 19.5 Å². The fourth-order valence-electron chi connectivity index (χ4n) is 8.59. The Balaban J connectivity index is 0.000000173. The predicted octanol–water partition coefficient (Wildman–Crippen LogP) is 15.0. The van der Waals surface area contributed by atoms with Gasteiger partial charge in [0.25, 0.3) is 0 Å². The van der Waals surface area contributed by atoms with E-state index in [0.29, 0.717) is 0 Å². The zero-order chi connectivity index (χ0) is 51.0. The molecule has 12 aromatic rings. The summed E-state index contributed by atoms with van der Waals surface area (Å²) < 4.78 is 0. The molecule has 4 heterocycles. The molecular weight excluding hydrogens is 1210 g/mol. The molecule has 10 heteroatoms. The maximum absolute atomic E-state index is 2.32. The van der Waals surface area contributed by atoms with Crippen LogP contribution in [0.25, 0.3) is 84.9 Å². The van der Waals surface area contributed by atoms with Crippen molar-refractivity contribution in [3.8, 4) is 41.8 Å². The summed E-state index contributed by atoms with van der Waals surface area (Å²) in [5.41, 5.74) is 11.6. The molecule has 0 amide bonds. The zero-order valence-electron chi connectivity index (χ0n) is 43.7. The molecule has 0 spiro atoms. The van der Waals surface area contributed by atoms with Crippen LogP contribution >= 0.6 is 45.3 Å². The van der Waals surface area contributed by atoms with Crippen LogP contribution in [0.1, 0.15) is 49.9 Å². The molecule has 0 fully saturated rings. The Morgan fingerprint density at radius 2 is 0.541 bits per heavy atom. The first-order valence-corrected chi connectivity index (χ1v) is 40.8. The number of benzene rings is 4. The topological polar surface area (TPSA) is 0 Å². The van der Waals surface area contributed by atoms with Gasteiger partial charge in [-0.25, -0.2) is 0 Å². The monoisotopic (exact) mass is 1270 g/mol. The van der Waals surface area contributed by atoms with Crippen LogP contribution in [0.2, 0.25) is 26.2 Å². The van der Waals surface area contributed by atoms with Crippen LogP contribution in [0.15, 0.2) is 191 Å². The second-order valence-corrected chi connectivity index (χ2v) is 40.6. The largest absolute Gasteiger partial charge is 1.00 e. The fraction of sp³-hybridized carbons (Fsp3) is 0.188. The summed E-state index contributed by atoms with van der Waals surface area (Å²) >= 11 is 10.7. The van der Waals surface area contributed by atoms with Crippen molar-refractivity contribution in [2.45, 2.75) is 79.6 Å². The molecule has 0 aliphatic rings. The van der Waals surface area contributed by atoms with Crippen molar-refractivity contribution in [1.82, 2.24) is 0 Å². The summed E-state index contributed by atoms with van der Waals surface area (Å²) in [5.74, 6) is 0. The van der Waals surface area contributed by atoms with Crippen LogP contribution in [0.3, 0.4) is 0 Å². The van der Waals surface area contributed by atoms with Gasteiger partial charge >= 0.3 is 83.7 Å². The average Bonchev–Trinajstić information content (AvgIpc) is 4.24. The second kappa shape index (κ2) is 31.3. The Labute approximate surface area is 500 Å². The van der Waals surface area contributed by atoms with Crippen molar-refractivity contribution in [1.29, 1.82) is 0 Å². The number of rotatable bonds is 8. The summed E-state index contributed by atoms with van der Waals surface area (Å²) in [7, 11) is 0. The first-order chi connectivity index (χ1) is 35.0. The maximum atomic E-state index is 2.32. The molecule has 376 valence electrons. The minimum absolute atomic E-state index is 0. The molecule has 0 bridgehead atoms. The van der Waals surface area contributed by atoms with Crippen molar-refractivity contribution in [3.05, 3.63) is 214 Å². The van der Waals surface area contributed by atoms with Gasteiger partial charge in [-0.15, -0.1) is 183 Å². The Kier molecular flexibility index (Phi) is 26.2. The maximum Gasteiger partial charge on any atom is -1.00 e. The number of aryl methyl sites for hydroxylation is 4. The second-order valence-electron chi connectivity index (χ2n) is 18.0. The molecular formula is C64H64Cl2S4Si2Zr2-2. The molecule has 74 heavy (non-hydrogen) atoms. The number of fused-ring (bicyclic) bond motifs is 4. The van der Waals surface area contributed by atoms with Crippen molar-refractivity contribution in [2.75, 3.05) is 0 Å². The van der Waals surface area contributed by atoms with Crippen LogP contribution in [0.5, 0.6) is 0 Å². The van der Waals surface area contributed by atoms with Crippen molar-refractivity contribution in [2.24, 2.45) is 0 Å². The van der Waals surface area contributed by atoms with Gasteiger partial charge < -0.3 is 24.8 Å². The molecule has 0 unspecified atom stereocenters. The van der Waals surface area contributed by atoms with E-state index in [1.807, 2.05) is 45.3 Å². The van der Waals surface area contributed by atoms with E-state index in [4.69, 9.17) is 0 Å². The molecule has 0 radical (unpaired) electrons. The van der Waals surface area contributed by atoms with E-state index in [2.05, 4.69) is 245 Å². The van der Waals surface area contributed by atoms with E-state index < -0.39 is 0 Å². The molecule has 4 aromatic heterocycles. The third-order valence-corrected chi connectivity index (χ3v) is 15.6. The molecule has 0 saturated carbocycles. The summed E-state index contributed by atoms with van der Waals surface area (Å²) in [6.45, 7) is 18.1. The van der Waals surface area contributed by atoms with Gasteiger partial charge in [0.2, 0.25) is 0 Å². The summed E-state index contributed by atoms with van der Waals surface area (Å²) in [4.78, 5) is 5.44. The number of thiophene rings is 4. The summed E-state index contributed by atoms with van der Waals surface area (Å²) in [6.07, 6.45) is 4.44. The number of hydrogen-bond donors (Lipinski definition) is 0.